The normalized spacial score (nSPS) is 21.2. The van der Waals surface area contributed by atoms with Gasteiger partial charge in [-0.2, -0.15) is 0 Å². The maximum absolute atomic E-state index is 11.6. The Kier molecular flexibility index (Phi) is 8.23. The quantitative estimate of drug-likeness (QED) is 0.484. The molecule has 1 heterocycles. The van der Waals surface area contributed by atoms with Gasteiger partial charge in [0.05, 0.1) is 6.61 Å². The third-order valence-corrected chi connectivity index (χ3v) is 6.20. The Hall–Kier alpha value is 0.170. The van der Waals surface area contributed by atoms with Crippen molar-refractivity contribution in [3.63, 3.8) is 0 Å². The summed E-state index contributed by atoms with van der Waals surface area (Å²) in [7, 11) is 4.03. The Labute approximate surface area is 119 Å². The zero-order valence-electron chi connectivity index (χ0n) is 11.8. The van der Waals surface area contributed by atoms with Crippen molar-refractivity contribution in [2.24, 2.45) is 11.8 Å². The topological polar surface area (TPSA) is 26.3 Å². The molecule has 0 amide bonds. The molecule has 106 valence electrons. The standard InChI is InChI=1S/C14H26O2S2/c1-4-16-14(15)10-12(9-11(2)3)5-6-13-7-8-17-18-13/h11-13H,4-10H2,1-3H3/t12-,13?/m1/s1. The van der Waals surface area contributed by atoms with E-state index in [2.05, 4.69) is 13.8 Å². The number of hydrogen-bond acceptors (Lipinski definition) is 4. The third-order valence-electron chi connectivity index (χ3n) is 3.19. The average molecular weight is 290 g/mol. The second-order valence-corrected chi connectivity index (χ2v) is 8.20. The molecule has 2 nitrogen and oxygen atoms in total. The van der Waals surface area contributed by atoms with Crippen LogP contribution in [0, 0.1) is 11.8 Å². The number of carbonyl (C=O) groups is 1. The van der Waals surface area contributed by atoms with Crippen LogP contribution in [0.3, 0.4) is 0 Å². The van der Waals surface area contributed by atoms with Gasteiger partial charge in [0.2, 0.25) is 0 Å². The first kappa shape index (κ1) is 16.2. The minimum absolute atomic E-state index is 0.0170. The predicted octanol–water partition coefficient (Wildman–Crippen LogP) is 4.54. The smallest absolute Gasteiger partial charge is 0.306 e. The summed E-state index contributed by atoms with van der Waals surface area (Å²) in [6, 6.07) is 0. The molecule has 0 aliphatic carbocycles. The monoisotopic (exact) mass is 290 g/mol. The molecule has 1 aliphatic heterocycles. The van der Waals surface area contributed by atoms with E-state index in [4.69, 9.17) is 4.74 Å². The highest BCUT2D eigenvalue weighted by molar-refractivity contribution is 8.77. The molecule has 1 fully saturated rings. The summed E-state index contributed by atoms with van der Waals surface area (Å²) in [6.45, 7) is 6.85. The van der Waals surface area contributed by atoms with Crippen LogP contribution in [0.1, 0.15) is 52.9 Å². The van der Waals surface area contributed by atoms with Crippen molar-refractivity contribution in [1.82, 2.24) is 0 Å². The first-order valence-electron chi connectivity index (χ1n) is 7.05. The SMILES string of the molecule is CCOC(=O)C[C@H](CCC1CCSS1)CC(C)C. The molecule has 2 atom stereocenters. The van der Waals surface area contributed by atoms with E-state index in [0.717, 1.165) is 11.7 Å². The largest absolute Gasteiger partial charge is 0.466 e. The van der Waals surface area contributed by atoms with Crippen molar-refractivity contribution in [2.75, 3.05) is 12.4 Å². The van der Waals surface area contributed by atoms with E-state index >= 15 is 0 Å². The Morgan fingerprint density at radius 3 is 2.78 bits per heavy atom. The summed E-state index contributed by atoms with van der Waals surface area (Å²) >= 11 is 0. The Balaban J connectivity index is 2.31. The zero-order chi connectivity index (χ0) is 13.4. The first-order valence-corrected chi connectivity index (χ1v) is 9.43. The maximum Gasteiger partial charge on any atom is 0.306 e. The van der Waals surface area contributed by atoms with Crippen LogP contribution < -0.4 is 0 Å². The van der Waals surface area contributed by atoms with E-state index in [0.29, 0.717) is 24.9 Å². The van der Waals surface area contributed by atoms with Gasteiger partial charge in [-0.3, -0.25) is 4.79 Å². The van der Waals surface area contributed by atoms with Crippen LogP contribution in [-0.2, 0) is 9.53 Å². The molecule has 0 saturated carbocycles. The second-order valence-electron chi connectivity index (χ2n) is 5.41. The minimum atomic E-state index is -0.0170. The summed E-state index contributed by atoms with van der Waals surface area (Å²) in [5, 5.41) is 0.812. The van der Waals surface area contributed by atoms with E-state index in [1.54, 1.807) is 0 Å². The van der Waals surface area contributed by atoms with Crippen molar-refractivity contribution in [2.45, 2.75) is 58.1 Å². The molecule has 1 saturated heterocycles. The Morgan fingerprint density at radius 2 is 2.22 bits per heavy atom. The second kappa shape index (κ2) is 9.13. The first-order chi connectivity index (χ1) is 8.61. The van der Waals surface area contributed by atoms with Crippen molar-refractivity contribution in [1.29, 1.82) is 0 Å². The molecule has 0 aromatic carbocycles. The number of ether oxygens (including phenoxy) is 1. The van der Waals surface area contributed by atoms with E-state index < -0.39 is 0 Å². The Morgan fingerprint density at radius 1 is 1.44 bits per heavy atom. The van der Waals surface area contributed by atoms with Crippen LogP contribution in [0.5, 0.6) is 0 Å². The molecule has 4 heteroatoms. The molecule has 1 unspecified atom stereocenters. The number of esters is 1. The molecule has 0 N–H and O–H groups in total. The van der Waals surface area contributed by atoms with E-state index in [1.165, 1.54) is 25.0 Å². The van der Waals surface area contributed by atoms with Gasteiger partial charge in [-0.05, 0) is 44.4 Å². The molecule has 1 rings (SSSR count). The highest BCUT2D eigenvalue weighted by atomic mass is 33.1. The van der Waals surface area contributed by atoms with Gasteiger partial charge in [0, 0.05) is 17.4 Å². The van der Waals surface area contributed by atoms with Crippen LogP contribution in [-0.4, -0.2) is 23.6 Å². The van der Waals surface area contributed by atoms with Crippen LogP contribution >= 0.6 is 21.6 Å². The lowest BCUT2D eigenvalue weighted by molar-refractivity contribution is -0.144. The minimum Gasteiger partial charge on any atom is -0.466 e. The zero-order valence-corrected chi connectivity index (χ0v) is 13.4. The van der Waals surface area contributed by atoms with Crippen molar-refractivity contribution in [3.05, 3.63) is 0 Å². The maximum atomic E-state index is 11.6. The lowest BCUT2D eigenvalue weighted by Crippen LogP contribution is -2.15. The van der Waals surface area contributed by atoms with Crippen LogP contribution in [0.4, 0.5) is 0 Å². The van der Waals surface area contributed by atoms with Crippen LogP contribution in [0.25, 0.3) is 0 Å². The summed E-state index contributed by atoms with van der Waals surface area (Å²) in [4.78, 5) is 11.6. The number of carbonyl (C=O) groups excluding carboxylic acids is 1. The molecule has 0 aromatic heterocycles. The molecule has 18 heavy (non-hydrogen) atoms. The number of hydrogen-bond donors (Lipinski definition) is 0. The predicted molar refractivity (Wildman–Crippen MR) is 81.9 cm³/mol. The van der Waals surface area contributed by atoms with Gasteiger partial charge in [-0.1, -0.05) is 35.4 Å². The van der Waals surface area contributed by atoms with Crippen LogP contribution in [0.15, 0.2) is 0 Å². The van der Waals surface area contributed by atoms with Gasteiger partial charge in [-0.15, -0.1) is 0 Å². The van der Waals surface area contributed by atoms with Crippen molar-refractivity contribution >= 4 is 27.6 Å². The van der Waals surface area contributed by atoms with Crippen LogP contribution in [0.2, 0.25) is 0 Å². The van der Waals surface area contributed by atoms with Gasteiger partial charge in [0.1, 0.15) is 0 Å². The lowest BCUT2D eigenvalue weighted by Gasteiger charge is -2.19. The summed E-state index contributed by atoms with van der Waals surface area (Å²) in [5.41, 5.74) is 0. The molecule has 0 bridgehead atoms. The summed E-state index contributed by atoms with van der Waals surface area (Å²) in [6.07, 6.45) is 5.52. The molecular weight excluding hydrogens is 264 g/mol. The Bertz CT molecular complexity index is 238. The summed E-state index contributed by atoms with van der Waals surface area (Å²) < 4.78 is 5.08. The van der Waals surface area contributed by atoms with Gasteiger partial charge in [-0.25, -0.2) is 0 Å². The highest BCUT2D eigenvalue weighted by Crippen LogP contribution is 2.40. The van der Waals surface area contributed by atoms with Gasteiger partial charge in [0.25, 0.3) is 0 Å². The third kappa shape index (κ3) is 6.93. The number of rotatable bonds is 8. The fourth-order valence-electron chi connectivity index (χ4n) is 2.41. The molecule has 0 aromatic rings. The van der Waals surface area contributed by atoms with Crippen molar-refractivity contribution < 1.29 is 9.53 Å². The lowest BCUT2D eigenvalue weighted by atomic mass is 9.89. The van der Waals surface area contributed by atoms with E-state index in [9.17, 15) is 4.79 Å². The molecule has 0 spiro atoms. The fraction of sp³-hybridized carbons (Fsp3) is 0.929. The van der Waals surface area contributed by atoms with E-state index in [1.807, 2.05) is 28.5 Å². The average Bonchev–Trinajstić information content (AvgIpc) is 2.78. The molecular formula is C14H26O2S2. The van der Waals surface area contributed by atoms with Gasteiger partial charge < -0.3 is 4.74 Å². The fourth-order valence-corrected chi connectivity index (χ4v) is 5.41. The highest BCUT2D eigenvalue weighted by Gasteiger charge is 2.21. The summed E-state index contributed by atoms with van der Waals surface area (Å²) in [5.74, 6) is 2.45. The van der Waals surface area contributed by atoms with Crippen molar-refractivity contribution in [3.8, 4) is 0 Å². The van der Waals surface area contributed by atoms with Gasteiger partial charge >= 0.3 is 5.97 Å². The molecule has 1 aliphatic rings. The van der Waals surface area contributed by atoms with Gasteiger partial charge in [0.15, 0.2) is 0 Å². The molecule has 0 radical (unpaired) electrons. The van der Waals surface area contributed by atoms with E-state index in [-0.39, 0.29) is 5.97 Å².